The molecule has 0 saturated heterocycles. The molecule has 2 aromatic rings. The number of rotatable bonds is 5. The predicted molar refractivity (Wildman–Crippen MR) is 85.3 cm³/mol. The Morgan fingerprint density at radius 2 is 1.58 bits per heavy atom. The molecule has 0 bridgehead atoms. The second-order valence-corrected chi connectivity index (χ2v) is 5.95. The van der Waals surface area contributed by atoms with Crippen LogP contribution in [0.1, 0.15) is 31.0 Å². The Morgan fingerprint density at radius 1 is 0.947 bits per heavy atom. The average Bonchev–Trinajstić information content (AvgIpc) is 2.40. The maximum Gasteiger partial charge on any atom is 0.0294 e. The minimum atomic E-state index is 0.367. The number of hydrogen-bond donors (Lipinski definition) is 1. The Hall–Kier alpha value is -1.12. The van der Waals surface area contributed by atoms with Gasteiger partial charge in [-0.3, -0.25) is 0 Å². The van der Waals surface area contributed by atoms with Gasteiger partial charge in [-0.25, -0.2) is 0 Å². The van der Waals surface area contributed by atoms with E-state index in [1.54, 1.807) is 0 Å². The lowest BCUT2D eigenvalue weighted by atomic mass is 10.0. The number of halogens is 1. The third kappa shape index (κ3) is 4.48. The van der Waals surface area contributed by atoms with Crippen molar-refractivity contribution in [2.75, 3.05) is 0 Å². The Labute approximate surface area is 124 Å². The summed E-state index contributed by atoms with van der Waals surface area (Å²) in [7, 11) is 0. The fraction of sp³-hybridized carbons (Fsp3) is 0.294. The van der Waals surface area contributed by atoms with Gasteiger partial charge < -0.3 is 5.32 Å². The van der Waals surface area contributed by atoms with E-state index >= 15 is 0 Å². The highest BCUT2D eigenvalue weighted by Gasteiger charge is 2.09. The molecule has 2 aromatic carbocycles. The summed E-state index contributed by atoms with van der Waals surface area (Å²) < 4.78 is 1.13. The molecule has 1 nitrogen and oxygen atoms in total. The minimum absolute atomic E-state index is 0.367. The van der Waals surface area contributed by atoms with E-state index in [0.29, 0.717) is 12.1 Å². The van der Waals surface area contributed by atoms with E-state index < -0.39 is 0 Å². The van der Waals surface area contributed by atoms with E-state index in [4.69, 9.17) is 0 Å². The summed E-state index contributed by atoms with van der Waals surface area (Å²) in [6, 6.07) is 20.0. The fourth-order valence-electron chi connectivity index (χ4n) is 2.30. The second kappa shape index (κ2) is 6.88. The molecule has 2 atom stereocenters. The van der Waals surface area contributed by atoms with E-state index in [1.165, 1.54) is 11.1 Å². The molecule has 2 rings (SSSR count). The molecule has 0 fully saturated rings. The monoisotopic (exact) mass is 317 g/mol. The van der Waals surface area contributed by atoms with E-state index in [9.17, 15) is 0 Å². The van der Waals surface area contributed by atoms with E-state index in [2.05, 4.69) is 89.7 Å². The summed E-state index contributed by atoms with van der Waals surface area (Å²) >= 11 is 3.47. The van der Waals surface area contributed by atoms with Gasteiger partial charge in [0.25, 0.3) is 0 Å². The Balaban J connectivity index is 1.91. The SMILES string of the molecule is CC(Cc1ccccc1)NC(C)c1ccc(Br)cc1. The molecular formula is C17H20BrN. The zero-order valence-electron chi connectivity index (χ0n) is 11.4. The van der Waals surface area contributed by atoms with Gasteiger partial charge in [0.15, 0.2) is 0 Å². The summed E-state index contributed by atoms with van der Waals surface area (Å²) in [6.45, 7) is 4.45. The molecule has 2 heteroatoms. The van der Waals surface area contributed by atoms with Crippen molar-refractivity contribution < 1.29 is 0 Å². The molecule has 100 valence electrons. The summed E-state index contributed by atoms with van der Waals surface area (Å²) in [5.41, 5.74) is 2.70. The highest BCUT2D eigenvalue weighted by atomic mass is 79.9. The first-order valence-corrected chi connectivity index (χ1v) is 7.50. The standard InChI is InChI=1S/C17H20BrN/c1-13(12-15-6-4-3-5-7-15)19-14(2)16-8-10-17(18)11-9-16/h3-11,13-14,19H,12H2,1-2H3. The van der Waals surface area contributed by atoms with E-state index in [1.807, 2.05) is 0 Å². The first-order chi connectivity index (χ1) is 9.15. The van der Waals surface area contributed by atoms with Crippen LogP contribution in [0.5, 0.6) is 0 Å². The normalized spacial score (nSPS) is 14.1. The van der Waals surface area contributed by atoms with Gasteiger partial charge in [0, 0.05) is 16.6 Å². The summed E-state index contributed by atoms with van der Waals surface area (Å²) in [5, 5.41) is 3.65. The van der Waals surface area contributed by atoms with Crippen LogP contribution in [0.3, 0.4) is 0 Å². The Bertz CT molecular complexity index is 492. The van der Waals surface area contributed by atoms with E-state index in [0.717, 1.165) is 10.9 Å². The third-order valence-electron chi connectivity index (χ3n) is 3.29. The minimum Gasteiger partial charge on any atom is -0.307 e. The van der Waals surface area contributed by atoms with Gasteiger partial charge in [0.05, 0.1) is 0 Å². The Kier molecular flexibility index (Phi) is 5.17. The van der Waals surface area contributed by atoms with Crippen LogP contribution in [0.4, 0.5) is 0 Å². The molecule has 2 unspecified atom stereocenters. The summed E-state index contributed by atoms with van der Waals surface area (Å²) in [6.07, 6.45) is 1.06. The maximum absolute atomic E-state index is 3.65. The molecule has 0 spiro atoms. The largest absolute Gasteiger partial charge is 0.307 e. The Morgan fingerprint density at radius 3 is 2.21 bits per heavy atom. The molecule has 0 aromatic heterocycles. The molecular weight excluding hydrogens is 298 g/mol. The van der Waals surface area contributed by atoms with Gasteiger partial charge in [-0.2, -0.15) is 0 Å². The number of hydrogen-bond acceptors (Lipinski definition) is 1. The van der Waals surface area contributed by atoms with Gasteiger partial charge in [-0.1, -0.05) is 58.4 Å². The fourth-order valence-corrected chi connectivity index (χ4v) is 2.57. The van der Waals surface area contributed by atoms with Crippen LogP contribution < -0.4 is 5.32 Å². The van der Waals surface area contributed by atoms with Crippen molar-refractivity contribution in [3.63, 3.8) is 0 Å². The zero-order chi connectivity index (χ0) is 13.7. The van der Waals surface area contributed by atoms with Crippen LogP contribution in [-0.4, -0.2) is 6.04 Å². The lowest BCUT2D eigenvalue weighted by Crippen LogP contribution is -2.30. The summed E-state index contributed by atoms with van der Waals surface area (Å²) in [4.78, 5) is 0. The number of nitrogens with one attached hydrogen (secondary N) is 1. The molecule has 0 heterocycles. The molecule has 1 N–H and O–H groups in total. The molecule has 0 aliphatic carbocycles. The van der Waals surface area contributed by atoms with Crippen LogP contribution in [0, 0.1) is 0 Å². The van der Waals surface area contributed by atoms with Crippen LogP contribution in [0.25, 0.3) is 0 Å². The molecule has 0 aliphatic rings. The van der Waals surface area contributed by atoms with Crippen LogP contribution in [0.2, 0.25) is 0 Å². The van der Waals surface area contributed by atoms with Crippen LogP contribution in [0.15, 0.2) is 59.1 Å². The van der Waals surface area contributed by atoms with Crippen molar-refractivity contribution in [3.8, 4) is 0 Å². The van der Waals surface area contributed by atoms with Gasteiger partial charge in [-0.05, 0) is 43.5 Å². The zero-order valence-corrected chi connectivity index (χ0v) is 13.0. The first-order valence-electron chi connectivity index (χ1n) is 6.70. The first kappa shape index (κ1) is 14.3. The van der Waals surface area contributed by atoms with Crippen LogP contribution >= 0.6 is 15.9 Å². The second-order valence-electron chi connectivity index (χ2n) is 5.03. The van der Waals surface area contributed by atoms with Gasteiger partial charge >= 0.3 is 0 Å². The lowest BCUT2D eigenvalue weighted by molar-refractivity contribution is 0.477. The molecule has 0 radical (unpaired) electrons. The smallest absolute Gasteiger partial charge is 0.0294 e. The molecule has 19 heavy (non-hydrogen) atoms. The van der Waals surface area contributed by atoms with Gasteiger partial charge in [-0.15, -0.1) is 0 Å². The molecule has 0 aliphatic heterocycles. The highest BCUT2D eigenvalue weighted by Crippen LogP contribution is 2.17. The van der Waals surface area contributed by atoms with Crippen molar-refractivity contribution in [1.29, 1.82) is 0 Å². The quantitative estimate of drug-likeness (QED) is 0.840. The summed E-state index contributed by atoms with van der Waals surface area (Å²) in [5.74, 6) is 0. The predicted octanol–water partition coefficient (Wildman–Crippen LogP) is 4.73. The maximum atomic E-state index is 3.65. The lowest BCUT2D eigenvalue weighted by Gasteiger charge is -2.20. The third-order valence-corrected chi connectivity index (χ3v) is 3.82. The van der Waals surface area contributed by atoms with E-state index in [-0.39, 0.29) is 0 Å². The van der Waals surface area contributed by atoms with Crippen molar-refractivity contribution in [3.05, 3.63) is 70.2 Å². The van der Waals surface area contributed by atoms with Crippen molar-refractivity contribution in [2.24, 2.45) is 0 Å². The van der Waals surface area contributed by atoms with Crippen molar-refractivity contribution in [1.82, 2.24) is 5.32 Å². The van der Waals surface area contributed by atoms with Gasteiger partial charge in [0.1, 0.15) is 0 Å². The highest BCUT2D eigenvalue weighted by molar-refractivity contribution is 9.10. The van der Waals surface area contributed by atoms with Crippen LogP contribution in [-0.2, 0) is 6.42 Å². The van der Waals surface area contributed by atoms with Crippen molar-refractivity contribution >= 4 is 15.9 Å². The van der Waals surface area contributed by atoms with Crippen molar-refractivity contribution in [2.45, 2.75) is 32.4 Å². The number of benzene rings is 2. The topological polar surface area (TPSA) is 12.0 Å². The van der Waals surface area contributed by atoms with Gasteiger partial charge in [0.2, 0.25) is 0 Å². The average molecular weight is 318 g/mol. The molecule has 0 amide bonds. The molecule has 0 saturated carbocycles.